The molecule has 2 saturated heterocycles. The van der Waals surface area contributed by atoms with Crippen molar-refractivity contribution < 1.29 is 0 Å². The van der Waals surface area contributed by atoms with Crippen molar-refractivity contribution in [3.63, 3.8) is 0 Å². The first-order valence-electron chi connectivity index (χ1n) is 11.5. The van der Waals surface area contributed by atoms with Crippen LogP contribution in [0.5, 0.6) is 0 Å². The first-order chi connectivity index (χ1) is 14.4. The zero-order valence-corrected chi connectivity index (χ0v) is 18.2. The van der Waals surface area contributed by atoms with E-state index >= 15 is 0 Å². The lowest BCUT2D eigenvalue weighted by molar-refractivity contribution is 0.0924. The number of hydrogen-bond acceptors (Lipinski definition) is 4. The summed E-state index contributed by atoms with van der Waals surface area (Å²) in [7, 11) is 0. The fourth-order valence-electron chi connectivity index (χ4n) is 5.27. The van der Waals surface area contributed by atoms with Gasteiger partial charge in [0.2, 0.25) is 0 Å². The van der Waals surface area contributed by atoms with Crippen molar-refractivity contribution in [2.75, 3.05) is 44.2 Å². The minimum absolute atomic E-state index is 0.851. The Balaban J connectivity index is 1.17. The average Bonchev–Trinajstić information content (AvgIpc) is 2.79. The number of piperidine rings is 2. The Morgan fingerprint density at radius 1 is 0.724 bits per heavy atom. The van der Waals surface area contributed by atoms with Crippen LogP contribution in [0.3, 0.4) is 0 Å². The highest BCUT2D eigenvalue weighted by atomic mass is 32.2. The fourth-order valence-corrected chi connectivity index (χ4v) is 6.36. The van der Waals surface area contributed by atoms with Crippen molar-refractivity contribution in [2.45, 2.75) is 54.4 Å². The van der Waals surface area contributed by atoms with E-state index in [1.807, 2.05) is 11.8 Å². The second-order valence-corrected chi connectivity index (χ2v) is 9.80. The molecule has 0 N–H and O–H groups in total. The van der Waals surface area contributed by atoms with Crippen LogP contribution in [0.15, 0.2) is 58.3 Å². The van der Waals surface area contributed by atoms with Crippen molar-refractivity contribution >= 4 is 23.1 Å². The van der Waals surface area contributed by atoms with Crippen LogP contribution in [0.1, 0.15) is 38.5 Å². The summed E-state index contributed by atoms with van der Waals surface area (Å²) in [6, 6.07) is 18.6. The summed E-state index contributed by atoms with van der Waals surface area (Å²) in [4.78, 5) is 10.8. The third-order valence-corrected chi connectivity index (χ3v) is 7.98. The van der Waals surface area contributed by atoms with Gasteiger partial charge < -0.3 is 14.7 Å². The van der Waals surface area contributed by atoms with Crippen LogP contribution < -0.4 is 4.90 Å². The first-order valence-corrected chi connectivity index (χ1v) is 12.3. The monoisotopic (exact) mass is 407 g/mol. The molecule has 0 radical (unpaired) electrons. The van der Waals surface area contributed by atoms with Crippen LogP contribution in [0.25, 0.3) is 0 Å². The largest absolute Gasteiger partial charge is 0.340 e. The molecule has 29 heavy (non-hydrogen) atoms. The van der Waals surface area contributed by atoms with Crippen molar-refractivity contribution in [1.82, 2.24) is 9.80 Å². The molecular weight excluding hydrogens is 374 g/mol. The molecule has 0 saturated carbocycles. The third-order valence-electron chi connectivity index (χ3n) is 6.85. The second kappa shape index (κ2) is 9.11. The molecule has 4 heteroatoms. The molecule has 154 valence electrons. The number of hydrogen-bond donors (Lipinski definition) is 0. The van der Waals surface area contributed by atoms with Gasteiger partial charge in [-0.05, 0) is 89.1 Å². The van der Waals surface area contributed by atoms with Crippen LogP contribution in [0.2, 0.25) is 0 Å². The number of nitrogens with zero attached hydrogens (tertiary/aromatic N) is 3. The van der Waals surface area contributed by atoms with Crippen molar-refractivity contribution in [3.05, 3.63) is 48.5 Å². The number of para-hydroxylation sites is 2. The molecule has 0 spiro atoms. The second-order valence-electron chi connectivity index (χ2n) is 8.71. The number of fused-ring (bicyclic) bond motifs is 2. The molecule has 3 heterocycles. The zero-order valence-electron chi connectivity index (χ0n) is 17.4. The van der Waals surface area contributed by atoms with E-state index in [-0.39, 0.29) is 0 Å². The number of anilines is 2. The van der Waals surface area contributed by atoms with E-state index in [2.05, 4.69) is 63.2 Å². The summed E-state index contributed by atoms with van der Waals surface area (Å²) in [5.41, 5.74) is 2.75. The summed E-state index contributed by atoms with van der Waals surface area (Å²) in [5, 5.41) is 0. The van der Waals surface area contributed by atoms with Gasteiger partial charge in [0.15, 0.2) is 0 Å². The molecule has 0 aliphatic carbocycles. The Bertz CT molecular complexity index is 764. The number of benzene rings is 2. The Morgan fingerprint density at radius 2 is 1.34 bits per heavy atom. The van der Waals surface area contributed by atoms with Crippen LogP contribution in [-0.4, -0.2) is 55.1 Å². The Hall–Kier alpha value is -1.49. The first kappa shape index (κ1) is 19.5. The highest BCUT2D eigenvalue weighted by Gasteiger charge is 2.26. The van der Waals surface area contributed by atoms with Crippen LogP contribution in [0, 0.1) is 0 Å². The van der Waals surface area contributed by atoms with E-state index < -0.39 is 0 Å². The number of rotatable bonds is 5. The lowest BCUT2D eigenvalue weighted by atomic mass is 10.00. The van der Waals surface area contributed by atoms with Gasteiger partial charge in [0.05, 0.1) is 11.4 Å². The highest BCUT2D eigenvalue weighted by molar-refractivity contribution is 7.99. The molecule has 0 bridgehead atoms. The van der Waals surface area contributed by atoms with Crippen molar-refractivity contribution in [1.29, 1.82) is 0 Å². The lowest BCUT2D eigenvalue weighted by Gasteiger charge is -2.40. The van der Waals surface area contributed by atoms with Gasteiger partial charge in [-0.3, -0.25) is 0 Å². The van der Waals surface area contributed by atoms with Gasteiger partial charge in [-0.15, -0.1) is 0 Å². The van der Waals surface area contributed by atoms with Crippen LogP contribution >= 0.6 is 11.8 Å². The number of likely N-dealkylation sites (tertiary alicyclic amines) is 2. The lowest BCUT2D eigenvalue weighted by Crippen LogP contribution is -2.47. The third kappa shape index (κ3) is 4.35. The predicted molar refractivity (Wildman–Crippen MR) is 124 cm³/mol. The molecule has 0 unspecified atom stereocenters. The smallest absolute Gasteiger partial charge is 0.0552 e. The van der Waals surface area contributed by atoms with Gasteiger partial charge in [0.25, 0.3) is 0 Å². The van der Waals surface area contributed by atoms with Crippen molar-refractivity contribution in [3.8, 4) is 0 Å². The minimum Gasteiger partial charge on any atom is -0.340 e. The molecule has 3 nitrogen and oxygen atoms in total. The fraction of sp³-hybridized carbons (Fsp3) is 0.520. The SMILES string of the molecule is c1ccc2c(c1)Sc1ccccc1N2CCCN1CCC(N2CCCCC2)CC1. The average molecular weight is 408 g/mol. The topological polar surface area (TPSA) is 9.72 Å². The Kier molecular flexibility index (Phi) is 6.12. The van der Waals surface area contributed by atoms with E-state index in [4.69, 9.17) is 0 Å². The van der Waals surface area contributed by atoms with Crippen LogP contribution in [0.4, 0.5) is 11.4 Å². The summed E-state index contributed by atoms with van der Waals surface area (Å²) in [6.45, 7) is 7.57. The Morgan fingerprint density at radius 3 is 2.00 bits per heavy atom. The van der Waals surface area contributed by atoms with E-state index in [9.17, 15) is 0 Å². The maximum absolute atomic E-state index is 2.78. The Labute approximate surface area is 180 Å². The van der Waals surface area contributed by atoms with Gasteiger partial charge in [0.1, 0.15) is 0 Å². The maximum atomic E-state index is 2.78. The molecule has 3 aliphatic rings. The quantitative estimate of drug-likeness (QED) is 0.635. The molecule has 0 amide bonds. The molecule has 5 rings (SSSR count). The molecule has 2 aromatic rings. The van der Waals surface area contributed by atoms with E-state index in [0.29, 0.717) is 0 Å². The molecule has 0 atom stereocenters. The van der Waals surface area contributed by atoms with Crippen LogP contribution in [-0.2, 0) is 0 Å². The molecule has 2 fully saturated rings. The molecular formula is C25H33N3S. The predicted octanol–water partition coefficient (Wildman–Crippen LogP) is 5.63. The summed E-state index contributed by atoms with van der Waals surface area (Å²) in [5.74, 6) is 0. The van der Waals surface area contributed by atoms with E-state index in [1.54, 1.807) is 0 Å². The van der Waals surface area contributed by atoms with E-state index in [0.717, 1.165) is 12.6 Å². The van der Waals surface area contributed by atoms with Gasteiger partial charge in [-0.2, -0.15) is 0 Å². The van der Waals surface area contributed by atoms with Gasteiger partial charge in [-0.25, -0.2) is 0 Å². The summed E-state index contributed by atoms with van der Waals surface area (Å²) in [6.07, 6.45) is 8.23. The maximum Gasteiger partial charge on any atom is 0.0552 e. The standard InChI is InChI=1S/C25H33N3S/c1-6-16-27(17-7-1)21-13-19-26(20-14-21)15-8-18-28-22-9-2-4-11-24(22)29-25-12-5-3-10-23(25)28/h2-5,9-12,21H,1,6-8,13-20H2. The van der Waals surface area contributed by atoms with Gasteiger partial charge >= 0.3 is 0 Å². The van der Waals surface area contributed by atoms with Gasteiger partial charge in [-0.1, -0.05) is 42.4 Å². The van der Waals surface area contributed by atoms with Crippen molar-refractivity contribution in [2.24, 2.45) is 0 Å². The molecule has 2 aromatic carbocycles. The minimum atomic E-state index is 0.851. The summed E-state index contributed by atoms with van der Waals surface area (Å²) >= 11 is 1.90. The normalized spacial score (nSPS) is 21.0. The van der Waals surface area contributed by atoms with Gasteiger partial charge in [0, 0.05) is 22.4 Å². The molecule has 0 aromatic heterocycles. The zero-order chi connectivity index (χ0) is 19.5. The summed E-state index contributed by atoms with van der Waals surface area (Å²) < 4.78 is 0. The highest BCUT2D eigenvalue weighted by Crippen LogP contribution is 2.47. The molecule has 3 aliphatic heterocycles. The van der Waals surface area contributed by atoms with E-state index in [1.165, 1.54) is 92.4 Å².